The second kappa shape index (κ2) is 8.49. The number of hydrogen-bond donors (Lipinski definition) is 0. The van der Waals surface area contributed by atoms with E-state index in [1.54, 1.807) is 7.11 Å². The molecule has 3 rings (SSSR count). The molecule has 1 aromatic heterocycles. The van der Waals surface area contributed by atoms with Crippen LogP contribution in [0, 0.1) is 6.92 Å². The number of ether oxygens (including phenoxy) is 2. The molecule has 0 aliphatic rings. The highest BCUT2D eigenvalue weighted by atomic mass is 16.5. The fourth-order valence-corrected chi connectivity index (χ4v) is 2.67. The van der Waals surface area contributed by atoms with E-state index in [2.05, 4.69) is 15.0 Å². The van der Waals surface area contributed by atoms with Gasteiger partial charge in [0, 0.05) is 6.54 Å². The van der Waals surface area contributed by atoms with E-state index < -0.39 is 0 Å². The van der Waals surface area contributed by atoms with Gasteiger partial charge in [0.25, 0.3) is 0 Å². The van der Waals surface area contributed by atoms with Gasteiger partial charge < -0.3 is 14.0 Å². The summed E-state index contributed by atoms with van der Waals surface area (Å²) in [5.74, 6) is 2.71. The molecular weight excluding hydrogens is 330 g/mol. The Balaban J connectivity index is 1.62. The summed E-state index contributed by atoms with van der Waals surface area (Å²) in [7, 11) is 3.66. The minimum Gasteiger partial charge on any atom is -0.493 e. The lowest BCUT2D eigenvalue weighted by Crippen LogP contribution is -2.17. The Morgan fingerprint density at radius 3 is 2.50 bits per heavy atom. The average molecular weight is 353 g/mol. The van der Waals surface area contributed by atoms with Crippen molar-refractivity contribution in [2.75, 3.05) is 14.2 Å². The molecule has 26 heavy (non-hydrogen) atoms. The minimum atomic E-state index is 0.507. The Hall–Kier alpha value is -2.86. The summed E-state index contributed by atoms with van der Waals surface area (Å²) in [5.41, 5.74) is 2.24. The summed E-state index contributed by atoms with van der Waals surface area (Å²) >= 11 is 0. The molecule has 0 atom stereocenters. The topological polar surface area (TPSA) is 60.6 Å². The van der Waals surface area contributed by atoms with Crippen LogP contribution in [0.1, 0.15) is 22.8 Å². The summed E-state index contributed by atoms with van der Waals surface area (Å²) in [6.07, 6.45) is 0. The fraction of sp³-hybridized carbons (Fsp3) is 0.300. The van der Waals surface area contributed by atoms with Crippen molar-refractivity contribution in [3.63, 3.8) is 0 Å². The summed E-state index contributed by atoms with van der Waals surface area (Å²) in [4.78, 5) is 6.33. The molecule has 0 saturated heterocycles. The minimum absolute atomic E-state index is 0.507. The molecule has 0 radical (unpaired) electrons. The Morgan fingerprint density at radius 1 is 1.00 bits per heavy atom. The molecule has 0 aliphatic carbocycles. The maximum absolute atomic E-state index is 5.90. The van der Waals surface area contributed by atoms with Crippen LogP contribution in [0.4, 0.5) is 0 Å². The number of aryl methyl sites for hydroxylation is 1. The van der Waals surface area contributed by atoms with Gasteiger partial charge in [0.15, 0.2) is 17.3 Å². The van der Waals surface area contributed by atoms with E-state index in [0.717, 1.165) is 29.2 Å². The fourth-order valence-electron chi connectivity index (χ4n) is 2.67. The molecule has 1 heterocycles. The molecule has 0 unspecified atom stereocenters. The van der Waals surface area contributed by atoms with Crippen LogP contribution in [0.3, 0.4) is 0 Å². The van der Waals surface area contributed by atoms with Gasteiger partial charge in [-0.15, -0.1) is 0 Å². The Morgan fingerprint density at radius 2 is 1.81 bits per heavy atom. The van der Waals surface area contributed by atoms with Crippen molar-refractivity contribution < 1.29 is 14.0 Å². The molecule has 0 saturated carbocycles. The smallest absolute Gasteiger partial charge is 0.240 e. The Bertz CT molecular complexity index is 833. The van der Waals surface area contributed by atoms with Gasteiger partial charge in [0.05, 0.1) is 13.7 Å². The number of benzene rings is 2. The summed E-state index contributed by atoms with van der Waals surface area (Å²) in [6, 6.07) is 16.0. The molecule has 6 nitrogen and oxygen atoms in total. The highest BCUT2D eigenvalue weighted by Gasteiger charge is 2.10. The molecular formula is C20H23N3O3. The molecule has 0 bridgehead atoms. The molecule has 0 fully saturated rings. The van der Waals surface area contributed by atoms with Gasteiger partial charge in [-0.1, -0.05) is 41.6 Å². The van der Waals surface area contributed by atoms with Gasteiger partial charge in [-0.3, -0.25) is 4.90 Å². The summed E-state index contributed by atoms with van der Waals surface area (Å²) in [6.45, 7) is 3.64. The number of rotatable bonds is 8. The lowest BCUT2D eigenvalue weighted by Gasteiger charge is -2.16. The van der Waals surface area contributed by atoms with E-state index in [4.69, 9.17) is 14.0 Å². The molecule has 3 aromatic rings. The predicted molar refractivity (Wildman–Crippen MR) is 98.0 cm³/mol. The van der Waals surface area contributed by atoms with Crippen LogP contribution in [0.15, 0.2) is 53.1 Å². The van der Waals surface area contributed by atoms with Gasteiger partial charge in [-0.2, -0.15) is 4.98 Å². The Kier molecular flexibility index (Phi) is 5.86. The van der Waals surface area contributed by atoms with Gasteiger partial charge in [-0.25, -0.2) is 0 Å². The number of aromatic nitrogens is 2. The first-order valence-electron chi connectivity index (χ1n) is 8.45. The van der Waals surface area contributed by atoms with Crippen LogP contribution in [0.25, 0.3) is 0 Å². The second-order valence-electron chi connectivity index (χ2n) is 6.17. The van der Waals surface area contributed by atoms with Crippen LogP contribution in [0.2, 0.25) is 0 Å². The van der Waals surface area contributed by atoms with Crippen molar-refractivity contribution in [3.05, 3.63) is 71.4 Å². The molecule has 0 amide bonds. The standard InChI is InChI=1S/C20H23N3O3/c1-15-21-20(26-22-15)13-23(2)12-17-9-10-18(19(11-17)24-3)25-14-16-7-5-4-6-8-16/h4-11H,12-14H2,1-3H3. The van der Waals surface area contributed by atoms with Crippen molar-refractivity contribution >= 4 is 0 Å². The largest absolute Gasteiger partial charge is 0.493 e. The molecule has 0 aliphatic heterocycles. The first-order chi connectivity index (χ1) is 12.6. The molecule has 6 heteroatoms. The molecule has 2 aromatic carbocycles. The highest BCUT2D eigenvalue weighted by molar-refractivity contribution is 5.43. The van der Waals surface area contributed by atoms with E-state index in [1.165, 1.54) is 0 Å². The van der Waals surface area contributed by atoms with Gasteiger partial charge in [0.1, 0.15) is 6.61 Å². The van der Waals surface area contributed by atoms with Gasteiger partial charge in [0.2, 0.25) is 5.89 Å². The van der Waals surface area contributed by atoms with Crippen molar-refractivity contribution in [1.29, 1.82) is 0 Å². The van der Waals surface area contributed by atoms with Crippen molar-refractivity contribution in [3.8, 4) is 11.5 Å². The maximum Gasteiger partial charge on any atom is 0.240 e. The van der Waals surface area contributed by atoms with Gasteiger partial charge in [-0.05, 0) is 37.2 Å². The van der Waals surface area contributed by atoms with Crippen molar-refractivity contribution in [2.24, 2.45) is 0 Å². The lowest BCUT2D eigenvalue weighted by atomic mass is 10.2. The average Bonchev–Trinajstić information content (AvgIpc) is 3.05. The SMILES string of the molecule is COc1cc(CN(C)Cc2nc(C)no2)ccc1OCc1ccccc1. The van der Waals surface area contributed by atoms with Crippen LogP contribution < -0.4 is 9.47 Å². The van der Waals surface area contributed by atoms with Crippen LogP contribution in [-0.4, -0.2) is 29.2 Å². The third-order valence-corrected chi connectivity index (χ3v) is 3.89. The summed E-state index contributed by atoms with van der Waals surface area (Å²) < 4.78 is 16.6. The molecule has 0 spiro atoms. The number of methoxy groups -OCH3 is 1. The maximum atomic E-state index is 5.90. The van der Waals surface area contributed by atoms with E-state index in [-0.39, 0.29) is 0 Å². The number of nitrogens with zero attached hydrogens (tertiary/aromatic N) is 3. The van der Waals surface area contributed by atoms with E-state index in [0.29, 0.717) is 24.9 Å². The third kappa shape index (κ3) is 4.83. The second-order valence-corrected chi connectivity index (χ2v) is 6.17. The highest BCUT2D eigenvalue weighted by Crippen LogP contribution is 2.29. The van der Waals surface area contributed by atoms with Crippen LogP contribution >= 0.6 is 0 Å². The zero-order valence-corrected chi connectivity index (χ0v) is 15.3. The first kappa shape index (κ1) is 17.9. The van der Waals surface area contributed by atoms with Crippen molar-refractivity contribution in [1.82, 2.24) is 15.0 Å². The van der Waals surface area contributed by atoms with E-state index in [9.17, 15) is 0 Å². The van der Waals surface area contributed by atoms with E-state index >= 15 is 0 Å². The zero-order valence-electron chi connectivity index (χ0n) is 15.3. The van der Waals surface area contributed by atoms with Crippen LogP contribution in [-0.2, 0) is 19.7 Å². The zero-order chi connectivity index (χ0) is 18.4. The lowest BCUT2D eigenvalue weighted by molar-refractivity contribution is 0.259. The molecule has 136 valence electrons. The third-order valence-electron chi connectivity index (χ3n) is 3.89. The normalized spacial score (nSPS) is 10.9. The molecule has 0 N–H and O–H groups in total. The summed E-state index contributed by atoms with van der Waals surface area (Å²) in [5, 5.41) is 3.81. The monoisotopic (exact) mass is 353 g/mol. The quantitative estimate of drug-likeness (QED) is 0.617. The predicted octanol–water partition coefficient (Wildman–Crippen LogP) is 3.60. The number of hydrogen-bond acceptors (Lipinski definition) is 6. The Labute approximate surface area is 153 Å². The first-order valence-corrected chi connectivity index (χ1v) is 8.45. The van der Waals surface area contributed by atoms with Crippen molar-refractivity contribution in [2.45, 2.75) is 26.6 Å². The van der Waals surface area contributed by atoms with E-state index in [1.807, 2.05) is 62.5 Å². The van der Waals surface area contributed by atoms with Gasteiger partial charge >= 0.3 is 0 Å². The van der Waals surface area contributed by atoms with Crippen LogP contribution in [0.5, 0.6) is 11.5 Å².